The van der Waals surface area contributed by atoms with E-state index in [9.17, 15) is 14.4 Å². The number of hydrogen-bond donors (Lipinski definition) is 1. The summed E-state index contributed by atoms with van der Waals surface area (Å²) in [4.78, 5) is 38.8. The fourth-order valence-electron chi connectivity index (χ4n) is 2.80. The number of hydrogen-bond acceptors (Lipinski definition) is 5. The Morgan fingerprint density at radius 1 is 1.07 bits per heavy atom. The second-order valence-electron chi connectivity index (χ2n) is 8.05. The molecule has 28 heavy (non-hydrogen) atoms. The topological polar surface area (TPSA) is 84.9 Å². The first-order valence-electron chi connectivity index (χ1n) is 9.34. The summed E-state index contributed by atoms with van der Waals surface area (Å²) in [5, 5.41) is 2.67. The second kappa shape index (κ2) is 10.1. The van der Waals surface area contributed by atoms with E-state index in [1.54, 1.807) is 20.8 Å². The lowest BCUT2D eigenvalue weighted by atomic mass is 10.0. The van der Waals surface area contributed by atoms with E-state index in [2.05, 4.69) is 5.32 Å². The van der Waals surface area contributed by atoms with Crippen LogP contribution in [0.15, 0.2) is 30.3 Å². The molecule has 7 nitrogen and oxygen atoms in total. The van der Waals surface area contributed by atoms with Crippen LogP contribution >= 0.6 is 0 Å². The molecule has 0 aliphatic carbocycles. The molecule has 1 N–H and O–H groups in total. The number of carbonyl (C=O) groups excluding carboxylic acids is 3. The minimum absolute atomic E-state index is 0.170. The van der Waals surface area contributed by atoms with E-state index >= 15 is 0 Å². The Labute approximate surface area is 167 Å². The van der Waals surface area contributed by atoms with Crippen LogP contribution in [-0.4, -0.2) is 54.7 Å². The third-order valence-corrected chi connectivity index (χ3v) is 4.08. The van der Waals surface area contributed by atoms with Crippen molar-refractivity contribution in [3.63, 3.8) is 0 Å². The van der Waals surface area contributed by atoms with Crippen LogP contribution in [0, 0.1) is 5.92 Å². The Kier molecular flexibility index (Phi) is 8.47. The highest BCUT2D eigenvalue weighted by atomic mass is 16.6. The molecule has 0 unspecified atom stereocenters. The van der Waals surface area contributed by atoms with Gasteiger partial charge in [0.15, 0.2) is 0 Å². The number of urea groups is 1. The number of carbonyl (C=O) groups is 3. The number of methoxy groups -OCH3 is 1. The van der Waals surface area contributed by atoms with Crippen molar-refractivity contribution < 1.29 is 23.9 Å². The lowest BCUT2D eigenvalue weighted by molar-refractivity contribution is -0.161. The van der Waals surface area contributed by atoms with Gasteiger partial charge < -0.3 is 19.7 Å². The minimum atomic E-state index is -0.867. The number of nitrogens with one attached hydrogen (secondary N) is 1. The fraction of sp³-hybridized carbons (Fsp3) is 0.571. The molecule has 0 spiro atoms. The van der Waals surface area contributed by atoms with E-state index in [4.69, 9.17) is 9.47 Å². The van der Waals surface area contributed by atoms with Crippen LogP contribution in [0.4, 0.5) is 4.79 Å². The number of amides is 2. The van der Waals surface area contributed by atoms with Crippen molar-refractivity contribution in [1.29, 1.82) is 0 Å². The summed E-state index contributed by atoms with van der Waals surface area (Å²) >= 11 is 0. The molecule has 156 valence electrons. The van der Waals surface area contributed by atoms with Crippen LogP contribution in [0.3, 0.4) is 0 Å². The summed E-state index contributed by atoms with van der Waals surface area (Å²) in [6, 6.07) is 7.12. The van der Waals surface area contributed by atoms with Crippen molar-refractivity contribution in [1.82, 2.24) is 10.2 Å². The number of nitrogens with zero attached hydrogens (tertiary/aromatic N) is 1. The maximum absolute atomic E-state index is 12.8. The summed E-state index contributed by atoms with van der Waals surface area (Å²) in [6.07, 6.45) is 0.284. The highest BCUT2D eigenvalue weighted by Crippen LogP contribution is 2.17. The van der Waals surface area contributed by atoms with Gasteiger partial charge in [0.05, 0.1) is 7.11 Å². The average molecular weight is 392 g/mol. The highest BCUT2D eigenvalue weighted by Gasteiger charge is 2.35. The maximum atomic E-state index is 12.8. The molecule has 1 rings (SSSR count). The fourth-order valence-corrected chi connectivity index (χ4v) is 2.80. The molecule has 0 aliphatic rings. The normalized spacial score (nSPS) is 13.4. The SMILES string of the molecule is COC(=O)[C@H](Cc1ccccc1)NC(=O)N(C)[C@H](C(=O)OC(C)(C)C)C(C)C. The van der Waals surface area contributed by atoms with E-state index < -0.39 is 35.7 Å². The quantitative estimate of drug-likeness (QED) is 0.721. The standard InChI is InChI=1S/C21H32N2O5/c1-14(2)17(19(25)28-21(3,4)5)23(6)20(26)22-16(18(24)27-7)13-15-11-9-8-10-12-15/h8-12,14,16-17H,13H2,1-7H3,(H,22,26)/t16-,17-/m0/s1. The van der Waals surface area contributed by atoms with Crippen LogP contribution in [0.25, 0.3) is 0 Å². The Hall–Kier alpha value is -2.57. The van der Waals surface area contributed by atoms with Gasteiger partial charge in [0.25, 0.3) is 0 Å². The van der Waals surface area contributed by atoms with E-state index in [0.29, 0.717) is 0 Å². The Morgan fingerprint density at radius 3 is 2.11 bits per heavy atom. The zero-order valence-electron chi connectivity index (χ0n) is 17.8. The molecule has 0 heterocycles. The number of benzene rings is 1. The van der Waals surface area contributed by atoms with Gasteiger partial charge >= 0.3 is 18.0 Å². The van der Waals surface area contributed by atoms with Crippen LogP contribution < -0.4 is 5.32 Å². The van der Waals surface area contributed by atoms with Crippen molar-refractivity contribution in [2.45, 2.75) is 58.7 Å². The third-order valence-electron chi connectivity index (χ3n) is 4.08. The first-order valence-corrected chi connectivity index (χ1v) is 9.34. The van der Waals surface area contributed by atoms with Crippen LogP contribution in [0.5, 0.6) is 0 Å². The van der Waals surface area contributed by atoms with Gasteiger partial charge in [-0.3, -0.25) is 0 Å². The Morgan fingerprint density at radius 2 is 1.64 bits per heavy atom. The molecule has 0 fully saturated rings. The number of rotatable bonds is 7. The minimum Gasteiger partial charge on any atom is -0.467 e. The summed E-state index contributed by atoms with van der Waals surface area (Å²) < 4.78 is 10.3. The smallest absolute Gasteiger partial charge is 0.329 e. The van der Waals surface area contributed by atoms with Gasteiger partial charge in [0, 0.05) is 13.5 Å². The zero-order valence-corrected chi connectivity index (χ0v) is 17.8. The molecule has 7 heteroatoms. The average Bonchev–Trinajstić information content (AvgIpc) is 2.59. The Balaban J connectivity index is 2.94. The van der Waals surface area contributed by atoms with Crippen LogP contribution in [0.2, 0.25) is 0 Å². The molecule has 2 amide bonds. The highest BCUT2D eigenvalue weighted by molar-refractivity contribution is 5.87. The molecule has 0 aliphatic heterocycles. The first kappa shape index (κ1) is 23.5. The summed E-state index contributed by atoms with van der Waals surface area (Å²) in [6.45, 7) is 8.99. The molecule has 0 saturated heterocycles. The third kappa shape index (κ3) is 7.21. The molecular formula is C21H32N2O5. The molecule has 1 aromatic carbocycles. The summed E-state index contributed by atoms with van der Waals surface area (Å²) in [5.74, 6) is -1.21. The van der Waals surface area contributed by atoms with Crippen molar-refractivity contribution in [3.05, 3.63) is 35.9 Å². The molecule has 2 atom stereocenters. The number of likely N-dealkylation sites (N-methyl/N-ethyl adjacent to an activating group) is 1. The van der Waals surface area contributed by atoms with E-state index in [-0.39, 0.29) is 12.3 Å². The van der Waals surface area contributed by atoms with Crippen molar-refractivity contribution in [3.8, 4) is 0 Å². The van der Waals surface area contributed by atoms with Crippen molar-refractivity contribution in [2.75, 3.05) is 14.2 Å². The molecular weight excluding hydrogens is 360 g/mol. The van der Waals surface area contributed by atoms with Gasteiger partial charge in [-0.1, -0.05) is 44.2 Å². The van der Waals surface area contributed by atoms with E-state index in [1.807, 2.05) is 44.2 Å². The van der Waals surface area contributed by atoms with Gasteiger partial charge in [0.1, 0.15) is 17.7 Å². The van der Waals surface area contributed by atoms with Gasteiger partial charge in [-0.15, -0.1) is 0 Å². The zero-order chi connectivity index (χ0) is 21.5. The summed E-state index contributed by atoms with van der Waals surface area (Å²) in [5.41, 5.74) is 0.219. The van der Waals surface area contributed by atoms with Crippen LogP contribution in [0.1, 0.15) is 40.2 Å². The lowest BCUT2D eigenvalue weighted by Gasteiger charge is -2.33. The van der Waals surface area contributed by atoms with Crippen LogP contribution in [-0.2, 0) is 25.5 Å². The van der Waals surface area contributed by atoms with Gasteiger partial charge in [0.2, 0.25) is 0 Å². The lowest BCUT2D eigenvalue weighted by Crippen LogP contribution is -2.55. The molecule has 0 aromatic heterocycles. The van der Waals surface area contributed by atoms with Crippen molar-refractivity contribution >= 4 is 18.0 Å². The maximum Gasteiger partial charge on any atom is 0.329 e. The van der Waals surface area contributed by atoms with E-state index in [0.717, 1.165) is 5.56 Å². The predicted octanol–water partition coefficient (Wildman–Crippen LogP) is 2.78. The van der Waals surface area contributed by atoms with Gasteiger partial charge in [-0.25, -0.2) is 14.4 Å². The van der Waals surface area contributed by atoms with Crippen molar-refractivity contribution in [2.24, 2.45) is 5.92 Å². The van der Waals surface area contributed by atoms with E-state index in [1.165, 1.54) is 19.1 Å². The molecule has 0 radical (unpaired) electrons. The predicted molar refractivity (Wildman–Crippen MR) is 107 cm³/mol. The first-order chi connectivity index (χ1) is 13.0. The van der Waals surface area contributed by atoms with Gasteiger partial charge in [-0.2, -0.15) is 0 Å². The molecule has 0 bridgehead atoms. The van der Waals surface area contributed by atoms with Gasteiger partial charge in [-0.05, 0) is 32.3 Å². The number of ether oxygens (including phenoxy) is 2. The molecule has 1 aromatic rings. The number of esters is 2. The monoisotopic (exact) mass is 392 g/mol. The Bertz CT molecular complexity index is 667. The largest absolute Gasteiger partial charge is 0.467 e. The second-order valence-corrected chi connectivity index (χ2v) is 8.05. The molecule has 0 saturated carbocycles. The summed E-state index contributed by atoms with van der Waals surface area (Å²) in [7, 11) is 2.79.